The van der Waals surface area contributed by atoms with Gasteiger partial charge in [0.1, 0.15) is 6.61 Å². The van der Waals surface area contributed by atoms with Crippen molar-refractivity contribution in [1.82, 2.24) is 5.32 Å². The number of hydrogen-bond acceptors (Lipinski definition) is 4. The molecule has 1 aromatic carbocycles. The summed E-state index contributed by atoms with van der Waals surface area (Å²) in [4.78, 5) is 0. The number of halogens is 2. The van der Waals surface area contributed by atoms with E-state index in [1.807, 2.05) is 6.07 Å². The van der Waals surface area contributed by atoms with Crippen molar-refractivity contribution in [3.63, 3.8) is 0 Å². The highest BCUT2D eigenvalue weighted by atomic mass is 35.5. The predicted octanol–water partition coefficient (Wildman–Crippen LogP) is 2.42. The van der Waals surface area contributed by atoms with Gasteiger partial charge in [-0.15, -0.1) is 12.4 Å². The minimum Gasteiger partial charge on any atom is -0.493 e. The van der Waals surface area contributed by atoms with Crippen molar-refractivity contribution < 1.29 is 14.6 Å². The third kappa shape index (κ3) is 5.70. The van der Waals surface area contributed by atoms with E-state index in [9.17, 15) is 0 Å². The molecule has 0 saturated carbocycles. The molecule has 4 nitrogen and oxygen atoms in total. The second kappa shape index (κ2) is 9.92. The number of aliphatic hydroxyl groups excluding tert-OH is 1. The van der Waals surface area contributed by atoms with E-state index in [-0.39, 0.29) is 19.0 Å². The van der Waals surface area contributed by atoms with Gasteiger partial charge in [-0.25, -0.2) is 0 Å². The number of nitrogens with one attached hydrogen (secondary N) is 1. The molecule has 0 saturated heterocycles. The van der Waals surface area contributed by atoms with Gasteiger partial charge in [-0.3, -0.25) is 0 Å². The van der Waals surface area contributed by atoms with E-state index in [1.165, 1.54) is 0 Å². The van der Waals surface area contributed by atoms with Gasteiger partial charge in [-0.2, -0.15) is 0 Å². The molecule has 19 heavy (non-hydrogen) atoms. The topological polar surface area (TPSA) is 50.7 Å². The normalized spacial score (nSPS) is 9.63. The lowest BCUT2D eigenvalue weighted by atomic mass is 10.2. The first kappa shape index (κ1) is 18.1. The maximum Gasteiger partial charge on any atom is 0.163 e. The van der Waals surface area contributed by atoms with Crippen molar-refractivity contribution >= 4 is 24.0 Å². The maximum absolute atomic E-state index is 8.71. The summed E-state index contributed by atoms with van der Waals surface area (Å²) in [6.07, 6.45) is 1.66. The van der Waals surface area contributed by atoms with Crippen LogP contribution in [0.3, 0.4) is 0 Å². The maximum atomic E-state index is 8.71. The van der Waals surface area contributed by atoms with Gasteiger partial charge in [0, 0.05) is 24.2 Å². The van der Waals surface area contributed by atoms with Gasteiger partial charge in [-0.1, -0.05) is 24.3 Å². The summed E-state index contributed by atoms with van der Waals surface area (Å²) in [6, 6.07) is 3.55. The molecule has 0 bridgehead atoms. The van der Waals surface area contributed by atoms with Crippen LogP contribution in [-0.2, 0) is 6.54 Å². The first-order chi connectivity index (χ1) is 8.72. The molecule has 0 radical (unpaired) electrons. The molecule has 108 valence electrons. The lowest BCUT2D eigenvalue weighted by Crippen LogP contribution is -2.17. The zero-order valence-electron chi connectivity index (χ0n) is 10.8. The fourth-order valence-corrected chi connectivity index (χ4v) is 1.66. The Hall–Kier alpha value is -0.940. The van der Waals surface area contributed by atoms with Gasteiger partial charge in [0.2, 0.25) is 0 Å². The van der Waals surface area contributed by atoms with E-state index in [2.05, 4.69) is 11.9 Å². The van der Waals surface area contributed by atoms with Crippen LogP contribution >= 0.6 is 24.0 Å². The Morgan fingerprint density at radius 2 is 2.16 bits per heavy atom. The minimum atomic E-state index is 0. The van der Waals surface area contributed by atoms with Crippen molar-refractivity contribution in [1.29, 1.82) is 0 Å². The third-order valence-electron chi connectivity index (χ3n) is 2.29. The Kier molecular flexibility index (Phi) is 9.43. The highest BCUT2D eigenvalue weighted by Crippen LogP contribution is 2.33. The van der Waals surface area contributed by atoms with Gasteiger partial charge < -0.3 is 19.9 Å². The van der Waals surface area contributed by atoms with Crippen molar-refractivity contribution in [3.8, 4) is 11.5 Å². The van der Waals surface area contributed by atoms with Crippen LogP contribution < -0.4 is 14.8 Å². The van der Waals surface area contributed by atoms with Crippen LogP contribution in [0.5, 0.6) is 11.5 Å². The van der Waals surface area contributed by atoms with Crippen LogP contribution in [0, 0.1) is 0 Å². The Labute approximate surface area is 124 Å². The number of rotatable bonds is 8. The second-order valence-corrected chi connectivity index (χ2v) is 4.00. The van der Waals surface area contributed by atoms with Crippen molar-refractivity contribution in [3.05, 3.63) is 35.4 Å². The Morgan fingerprint density at radius 1 is 1.42 bits per heavy atom. The zero-order valence-corrected chi connectivity index (χ0v) is 12.4. The standard InChI is InChI=1S/C13H18ClNO3.ClH/c1-3-6-18-13-8-11(14)10(7-12(13)17-2)9-15-4-5-16;/h3,7-8,15-16H,1,4-6,9H2,2H3;1H. The minimum absolute atomic E-state index is 0. The van der Waals surface area contributed by atoms with Crippen LogP contribution in [0.4, 0.5) is 0 Å². The summed E-state index contributed by atoms with van der Waals surface area (Å²) in [7, 11) is 1.58. The second-order valence-electron chi connectivity index (χ2n) is 3.59. The van der Waals surface area contributed by atoms with Crippen molar-refractivity contribution in [2.75, 3.05) is 26.9 Å². The van der Waals surface area contributed by atoms with Crippen molar-refractivity contribution in [2.24, 2.45) is 0 Å². The van der Waals surface area contributed by atoms with E-state index < -0.39 is 0 Å². The smallest absolute Gasteiger partial charge is 0.163 e. The average molecular weight is 308 g/mol. The summed E-state index contributed by atoms with van der Waals surface area (Å²) in [6.45, 7) is 5.17. The predicted molar refractivity (Wildman–Crippen MR) is 79.7 cm³/mol. The van der Waals surface area contributed by atoms with E-state index in [1.54, 1.807) is 19.3 Å². The third-order valence-corrected chi connectivity index (χ3v) is 2.65. The highest BCUT2D eigenvalue weighted by Gasteiger charge is 2.10. The Balaban J connectivity index is 0.00000324. The molecule has 0 spiro atoms. The van der Waals surface area contributed by atoms with Gasteiger partial charge in [0.05, 0.1) is 13.7 Å². The molecular weight excluding hydrogens is 289 g/mol. The zero-order chi connectivity index (χ0) is 13.4. The summed E-state index contributed by atoms with van der Waals surface area (Å²) in [5.74, 6) is 1.22. The molecule has 0 aromatic heterocycles. The molecule has 0 heterocycles. The lowest BCUT2D eigenvalue weighted by Gasteiger charge is -2.13. The van der Waals surface area contributed by atoms with Crippen LogP contribution in [0.15, 0.2) is 24.8 Å². The van der Waals surface area contributed by atoms with Crippen LogP contribution in [0.25, 0.3) is 0 Å². The van der Waals surface area contributed by atoms with Gasteiger partial charge in [-0.05, 0) is 11.6 Å². The number of hydrogen-bond donors (Lipinski definition) is 2. The fraction of sp³-hybridized carbons (Fsp3) is 0.385. The van der Waals surface area contributed by atoms with E-state index in [0.29, 0.717) is 36.2 Å². The molecule has 0 unspecified atom stereocenters. The van der Waals surface area contributed by atoms with Crippen LogP contribution in [0.2, 0.25) is 5.02 Å². The molecule has 6 heteroatoms. The van der Waals surface area contributed by atoms with Gasteiger partial charge in [0.15, 0.2) is 11.5 Å². The largest absolute Gasteiger partial charge is 0.493 e. The summed E-state index contributed by atoms with van der Waals surface area (Å²) >= 11 is 6.15. The number of methoxy groups -OCH3 is 1. The molecule has 1 aromatic rings. The monoisotopic (exact) mass is 307 g/mol. The summed E-state index contributed by atoms with van der Waals surface area (Å²) in [5, 5.41) is 12.4. The molecule has 0 fully saturated rings. The number of benzene rings is 1. The molecule has 0 aliphatic rings. The van der Waals surface area contributed by atoms with E-state index >= 15 is 0 Å². The molecule has 2 N–H and O–H groups in total. The lowest BCUT2D eigenvalue weighted by molar-refractivity contribution is 0.292. The average Bonchev–Trinajstić information content (AvgIpc) is 2.38. The quantitative estimate of drug-likeness (QED) is 0.572. The van der Waals surface area contributed by atoms with Gasteiger partial charge >= 0.3 is 0 Å². The molecular formula is C13H19Cl2NO3. The Bertz CT molecular complexity index is 400. The molecule has 0 aliphatic heterocycles. The van der Waals surface area contributed by atoms with Crippen LogP contribution in [0.1, 0.15) is 5.56 Å². The van der Waals surface area contributed by atoms with E-state index in [4.69, 9.17) is 26.2 Å². The van der Waals surface area contributed by atoms with Crippen LogP contribution in [-0.4, -0.2) is 32.0 Å². The fourth-order valence-electron chi connectivity index (χ4n) is 1.44. The van der Waals surface area contributed by atoms with Gasteiger partial charge in [0.25, 0.3) is 0 Å². The molecule has 1 rings (SSSR count). The Morgan fingerprint density at radius 3 is 2.74 bits per heavy atom. The van der Waals surface area contributed by atoms with E-state index in [0.717, 1.165) is 5.56 Å². The molecule has 0 aliphatic carbocycles. The molecule has 0 amide bonds. The van der Waals surface area contributed by atoms with Crippen molar-refractivity contribution in [2.45, 2.75) is 6.54 Å². The summed E-state index contributed by atoms with van der Waals surface area (Å²) < 4.78 is 10.7. The number of ether oxygens (including phenoxy) is 2. The number of aliphatic hydroxyl groups is 1. The molecule has 0 atom stereocenters. The summed E-state index contributed by atoms with van der Waals surface area (Å²) in [5.41, 5.74) is 0.896. The highest BCUT2D eigenvalue weighted by molar-refractivity contribution is 6.31. The first-order valence-corrected chi connectivity index (χ1v) is 6.02. The SMILES string of the molecule is C=CCOc1cc(Cl)c(CNCCO)cc1OC.Cl. The first-order valence-electron chi connectivity index (χ1n) is 5.64.